The van der Waals surface area contributed by atoms with Gasteiger partial charge < -0.3 is 0 Å². The first kappa shape index (κ1) is 6.58. The van der Waals surface area contributed by atoms with Crippen LogP contribution in [0.15, 0.2) is 12.2 Å². The molecule has 12 heavy (non-hydrogen) atoms. The topological polar surface area (TPSA) is 34.1 Å². The average Bonchev–Trinajstić information content (AvgIpc) is 2.41. The summed E-state index contributed by atoms with van der Waals surface area (Å²) in [5.41, 5.74) is 0. The minimum atomic E-state index is -0.0405. The van der Waals surface area contributed by atoms with Gasteiger partial charge in [0.2, 0.25) is 0 Å². The number of hydrogen-bond acceptors (Lipinski definition) is 2. The van der Waals surface area contributed by atoms with E-state index in [9.17, 15) is 9.59 Å². The van der Waals surface area contributed by atoms with Crippen molar-refractivity contribution in [2.24, 2.45) is 23.7 Å². The lowest BCUT2D eigenvalue weighted by molar-refractivity contribution is -0.138. The number of carbonyl (C=O) groups excluding carboxylic acids is 2. The fraction of sp³-hybridized carbons (Fsp3) is 0.600. The van der Waals surface area contributed by atoms with E-state index in [4.69, 9.17) is 0 Å². The molecule has 2 saturated carbocycles. The van der Waals surface area contributed by atoms with Gasteiger partial charge in [-0.3, -0.25) is 9.59 Å². The number of ketones is 2. The largest absolute Gasteiger partial charge is 0.299 e. The van der Waals surface area contributed by atoms with Crippen LogP contribution in [0.3, 0.4) is 0 Å². The van der Waals surface area contributed by atoms with Crippen LogP contribution in [0.4, 0.5) is 0 Å². The highest BCUT2D eigenvalue weighted by atomic mass is 16.1. The van der Waals surface area contributed by atoms with Crippen LogP contribution in [0.5, 0.6) is 0 Å². The average molecular weight is 162 g/mol. The second-order valence-electron chi connectivity index (χ2n) is 4.03. The normalized spacial score (nSPS) is 49.0. The second kappa shape index (κ2) is 1.87. The first-order chi connectivity index (χ1) is 5.79. The van der Waals surface area contributed by atoms with E-state index in [0.717, 1.165) is 12.8 Å². The summed E-state index contributed by atoms with van der Waals surface area (Å²) in [5.74, 6) is 0.689. The maximum Gasteiger partial charge on any atom is 0.147 e. The van der Waals surface area contributed by atoms with Gasteiger partial charge in [0.15, 0.2) is 0 Å². The van der Waals surface area contributed by atoms with Gasteiger partial charge in [-0.05, 0) is 12.8 Å². The lowest BCUT2D eigenvalue weighted by atomic mass is 9.77. The highest BCUT2D eigenvalue weighted by molar-refractivity contribution is 6.04. The SMILES string of the molecule is O=C1C2C=CC1C1CCC2C1=O. The zero-order valence-electron chi connectivity index (χ0n) is 6.69. The molecule has 0 aliphatic heterocycles. The highest BCUT2D eigenvalue weighted by Gasteiger charge is 2.53. The van der Waals surface area contributed by atoms with Crippen LogP contribution in [0.1, 0.15) is 12.8 Å². The van der Waals surface area contributed by atoms with E-state index in [-0.39, 0.29) is 23.7 Å². The van der Waals surface area contributed by atoms with Gasteiger partial charge in [0.25, 0.3) is 0 Å². The maximum absolute atomic E-state index is 11.6. The van der Waals surface area contributed by atoms with Crippen molar-refractivity contribution in [3.05, 3.63) is 12.2 Å². The molecule has 0 N–H and O–H groups in total. The summed E-state index contributed by atoms with van der Waals surface area (Å²) in [6, 6.07) is 0. The molecular weight excluding hydrogens is 152 g/mol. The molecule has 3 aliphatic rings. The molecule has 4 unspecified atom stereocenters. The molecule has 3 aliphatic carbocycles. The van der Waals surface area contributed by atoms with Crippen LogP contribution >= 0.6 is 0 Å². The van der Waals surface area contributed by atoms with Gasteiger partial charge in [0.05, 0.1) is 0 Å². The molecular formula is C10H10O2. The number of rotatable bonds is 0. The van der Waals surface area contributed by atoms with Gasteiger partial charge in [-0.15, -0.1) is 0 Å². The molecule has 2 fully saturated rings. The Balaban J connectivity index is 2.14. The third-order valence-electron chi connectivity index (χ3n) is 3.57. The Morgan fingerprint density at radius 1 is 0.917 bits per heavy atom. The van der Waals surface area contributed by atoms with E-state index < -0.39 is 0 Å². The van der Waals surface area contributed by atoms with Gasteiger partial charge in [-0.1, -0.05) is 12.2 Å². The molecule has 4 atom stereocenters. The zero-order chi connectivity index (χ0) is 8.29. The summed E-state index contributed by atoms with van der Waals surface area (Å²) in [7, 11) is 0. The summed E-state index contributed by atoms with van der Waals surface area (Å²) in [6.07, 6.45) is 5.80. The quantitative estimate of drug-likeness (QED) is 0.497. The molecule has 2 nitrogen and oxygen atoms in total. The van der Waals surface area contributed by atoms with Crippen LogP contribution in [0.25, 0.3) is 0 Å². The summed E-state index contributed by atoms with van der Waals surface area (Å²) in [6.45, 7) is 0. The van der Waals surface area contributed by atoms with E-state index in [1.165, 1.54) is 0 Å². The van der Waals surface area contributed by atoms with Crippen molar-refractivity contribution in [1.82, 2.24) is 0 Å². The van der Waals surface area contributed by atoms with E-state index in [1.54, 1.807) is 0 Å². The van der Waals surface area contributed by atoms with Crippen molar-refractivity contribution in [2.75, 3.05) is 0 Å². The van der Waals surface area contributed by atoms with Crippen molar-refractivity contribution in [3.63, 3.8) is 0 Å². The first-order valence-electron chi connectivity index (χ1n) is 4.55. The summed E-state index contributed by atoms with van der Waals surface area (Å²) < 4.78 is 0. The highest BCUT2D eigenvalue weighted by Crippen LogP contribution is 2.48. The molecule has 0 saturated heterocycles. The van der Waals surface area contributed by atoms with Crippen LogP contribution in [0.2, 0.25) is 0 Å². The molecule has 4 bridgehead atoms. The summed E-state index contributed by atoms with van der Waals surface area (Å²) >= 11 is 0. The second-order valence-corrected chi connectivity index (χ2v) is 4.03. The Morgan fingerprint density at radius 2 is 1.42 bits per heavy atom. The summed E-state index contributed by atoms with van der Waals surface area (Å²) in [4.78, 5) is 23.2. The molecule has 0 aromatic rings. The van der Waals surface area contributed by atoms with Crippen molar-refractivity contribution >= 4 is 11.6 Å². The fourth-order valence-corrected chi connectivity index (χ4v) is 2.95. The maximum atomic E-state index is 11.6. The van der Waals surface area contributed by atoms with Crippen molar-refractivity contribution < 1.29 is 9.59 Å². The van der Waals surface area contributed by atoms with Crippen LogP contribution in [-0.4, -0.2) is 11.6 Å². The molecule has 0 aromatic heterocycles. The molecule has 0 amide bonds. The van der Waals surface area contributed by atoms with Gasteiger partial charge >= 0.3 is 0 Å². The number of Topliss-reactive ketones (excluding diaryl/α,β-unsaturated/α-hetero) is 2. The number of fused-ring (bicyclic) bond motifs is 6. The minimum Gasteiger partial charge on any atom is -0.299 e. The molecule has 62 valence electrons. The summed E-state index contributed by atoms with van der Waals surface area (Å²) in [5, 5.41) is 0. The lowest BCUT2D eigenvalue weighted by Crippen LogP contribution is -2.37. The number of allylic oxidation sites excluding steroid dienone is 2. The van der Waals surface area contributed by atoms with Gasteiger partial charge in [-0.2, -0.15) is 0 Å². The molecule has 0 heterocycles. The fourth-order valence-electron chi connectivity index (χ4n) is 2.95. The standard InChI is InChI=1S/C10H10O2/c11-9-5-1-2-6(9)8-4-3-7(5)10(8)12/h1-2,5-8H,3-4H2. The Labute approximate surface area is 70.6 Å². The van der Waals surface area contributed by atoms with Gasteiger partial charge in [-0.25, -0.2) is 0 Å². The molecule has 2 heteroatoms. The van der Waals surface area contributed by atoms with Crippen LogP contribution < -0.4 is 0 Å². The Hall–Kier alpha value is -0.920. The van der Waals surface area contributed by atoms with Gasteiger partial charge in [0.1, 0.15) is 11.6 Å². The number of carbonyl (C=O) groups is 2. The number of hydrogen-bond donors (Lipinski definition) is 0. The predicted molar refractivity (Wildman–Crippen MR) is 42.3 cm³/mol. The van der Waals surface area contributed by atoms with Crippen molar-refractivity contribution in [1.29, 1.82) is 0 Å². The molecule has 0 aromatic carbocycles. The van der Waals surface area contributed by atoms with E-state index in [0.29, 0.717) is 11.6 Å². The zero-order valence-corrected chi connectivity index (χ0v) is 6.69. The van der Waals surface area contributed by atoms with E-state index in [1.807, 2.05) is 12.2 Å². The lowest BCUT2D eigenvalue weighted by Gasteiger charge is -2.23. The Kier molecular flexibility index (Phi) is 1.03. The van der Waals surface area contributed by atoms with Crippen LogP contribution in [-0.2, 0) is 9.59 Å². The Bertz CT molecular complexity index is 275. The molecule has 0 spiro atoms. The van der Waals surface area contributed by atoms with Gasteiger partial charge in [0, 0.05) is 23.7 Å². The smallest absolute Gasteiger partial charge is 0.147 e. The van der Waals surface area contributed by atoms with Crippen molar-refractivity contribution in [2.45, 2.75) is 12.8 Å². The predicted octanol–water partition coefficient (Wildman–Crippen LogP) is 0.967. The third kappa shape index (κ3) is 0.542. The van der Waals surface area contributed by atoms with Crippen LogP contribution in [0, 0.1) is 23.7 Å². The van der Waals surface area contributed by atoms with E-state index >= 15 is 0 Å². The third-order valence-corrected chi connectivity index (χ3v) is 3.57. The minimum absolute atomic E-state index is 0.0405. The van der Waals surface area contributed by atoms with Crippen molar-refractivity contribution in [3.8, 4) is 0 Å². The molecule has 3 rings (SSSR count). The molecule has 0 radical (unpaired) electrons. The first-order valence-corrected chi connectivity index (χ1v) is 4.55. The van der Waals surface area contributed by atoms with E-state index in [2.05, 4.69) is 0 Å². The Morgan fingerprint density at radius 3 is 1.92 bits per heavy atom. The monoisotopic (exact) mass is 162 g/mol.